The van der Waals surface area contributed by atoms with Gasteiger partial charge in [0.15, 0.2) is 0 Å². The van der Waals surface area contributed by atoms with E-state index in [1.807, 2.05) is 12.1 Å². The lowest BCUT2D eigenvalue weighted by molar-refractivity contribution is 1.18. The highest BCUT2D eigenvalue weighted by Crippen LogP contribution is 2.46. The van der Waals surface area contributed by atoms with E-state index in [4.69, 9.17) is 0 Å². The van der Waals surface area contributed by atoms with Gasteiger partial charge in [0.25, 0.3) is 0 Å². The van der Waals surface area contributed by atoms with Crippen LogP contribution in [0.25, 0.3) is 104 Å². The van der Waals surface area contributed by atoms with E-state index in [2.05, 4.69) is 193 Å². The SMILES string of the molecule is N#Cc1ccc2c(c1)c1ccc(-c3ccc4c(-c5ccc6ccccc6c5)c5ccccc5c(-c5ccc6ccccc6c5)c4c3)cc1n2-c1ccccc1. The summed E-state index contributed by atoms with van der Waals surface area (Å²) in [6.07, 6.45) is 0. The van der Waals surface area contributed by atoms with Crippen molar-refractivity contribution in [2.24, 2.45) is 0 Å². The number of para-hydroxylation sites is 1. The van der Waals surface area contributed by atoms with Crippen molar-refractivity contribution in [2.45, 2.75) is 0 Å². The summed E-state index contributed by atoms with van der Waals surface area (Å²) in [6.45, 7) is 0. The standard InChI is InChI=1S/C53H32N2/c54-33-34-18-27-50-48(28-34)44-25-23-40(32-51(44)55(50)43-14-2-1-3-15-43)39-24-26-47-49(31-39)53(42-22-20-36-11-5-7-13-38(36)30-42)46-17-9-8-16-45(46)52(47)41-21-19-35-10-4-6-12-37(35)29-41/h1-32H. The predicted molar refractivity (Wildman–Crippen MR) is 232 cm³/mol. The van der Waals surface area contributed by atoms with Gasteiger partial charge >= 0.3 is 0 Å². The number of nitrogens with zero attached hydrogens (tertiary/aromatic N) is 2. The Morgan fingerprint density at radius 1 is 0.327 bits per heavy atom. The summed E-state index contributed by atoms with van der Waals surface area (Å²) in [5.74, 6) is 0. The molecule has 10 aromatic carbocycles. The highest BCUT2D eigenvalue weighted by atomic mass is 15.0. The topological polar surface area (TPSA) is 28.7 Å². The van der Waals surface area contributed by atoms with Crippen molar-refractivity contribution in [1.82, 2.24) is 4.57 Å². The van der Waals surface area contributed by atoms with Gasteiger partial charge in [-0.3, -0.25) is 0 Å². The van der Waals surface area contributed by atoms with Crippen LogP contribution in [0, 0.1) is 11.3 Å². The van der Waals surface area contributed by atoms with Gasteiger partial charge < -0.3 is 4.57 Å². The third-order valence-electron chi connectivity index (χ3n) is 11.3. The molecule has 2 heteroatoms. The molecular weight excluding hydrogens is 665 g/mol. The van der Waals surface area contributed by atoms with E-state index in [1.54, 1.807) is 0 Å². The highest BCUT2D eigenvalue weighted by Gasteiger charge is 2.19. The molecule has 0 saturated carbocycles. The predicted octanol–water partition coefficient (Wildman–Crippen LogP) is 14.3. The summed E-state index contributed by atoms with van der Waals surface area (Å²) in [5, 5.41) is 21.8. The van der Waals surface area contributed by atoms with Crippen molar-refractivity contribution >= 4 is 64.9 Å². The van der Waals surface area contributed by atoms with Gasteiger partial charge in [0.1, 0.15) is 0 Å². The minimum atomic E-state index is 0.661. The lowest BCUT2D eigenvalue weighted by Gasteiger charge is -2.19. The van der Waals surface area contributed by atoms with Crippen LogP contribution in [0.5, 0.6) is 0 Å². The summed E-state index contributed by atoms with van der Waals surface area (Å²) in [6, 6.07) is 72.5. The Bertz CT molecular complexity index is 3380. The fourth-order valence-electron chi connectivity index (χ4n) is 8.79. The zero-order chi connectivity index (χ0) is 36.5. The van der Waals surface area contributed by atoms with Gasteiger partial charge in [-0.15, -0.1) is 0 Å². The second-order valence-electron chi connectivity index (χ2n) is 14.4. The van der Waals surface area contributed by atoms with Gasteiger partial charge in [-0.25, -0.2) is 0 Å². The maximum atomic E-state index is 9.78. The van der Waals surface area contributed by atoms with Crippen LogP contribution in [0.15, 0.2) is 194 Å². The fourth-order valence-corrected chi connectivity index (χ4v) is 8.79. The molecule has 2 nitrogen and oxygen atoms in total. The van der Waals surface area contributed by atoms with Gasteiger partial charge in [-0.2, -0.15) is 5.26 Å². The number of nitriles is 1. The largest absolute Gasteiger partial charge is 0.309 e. The second kappa shape index (κ2) is 12.3. The van der Waals surface area contributed by atoms with Crippen molar-refractivity contribution in [3.8, 4) is 45.1 Å². The first kappa shape index (κ1) is 31.1. The first-order chi connectivity index (χ1) is 27.2. The van der Waals surface area contributed by atoms with E-state index in [0.717, 1.165) is 38.6 Å². The summed E-state index contributed by atoms with van der Waals surface area (Å²) >= 11 is 0. The van der Waals surface area contributed by atoms with Gasteiger partial charge in [0.2, 0.25) is 0 Å². The number of hydrogen-bond donors (Lipinski definition) is 0. The van der Waals surface area contributed by atoms with E-state index < -0.39 is 0 Å². The molecule has 0 N–H and O–H groups in total. The van der Waals surface area contributed by atoms with Crippen molar-refractivity contribution in [3.63, 3.8) is 0 Å². The van der Waals surface area contributed by atoms with Crippen LogP contribution < -0.4 is 0 Å². The van der Waals surface area contributed by atoms with Crippen LogP contribution in [0.1, 0.15) is 5.56 Å². The van der Waals surface area contributed by atoms with Crippen molar-refractivity contribution < 1.29 is 0 Å². The summed E-state index contributed by atoms with van der Waals surface area (Å²) < 4.78 is 2.32. The summed E-state index contributed by atoms with van der Waals surface area (Å²) in [7, 11) is 0. The average Bonchev–Trinajstić information content (AvgIpc) is 3.58. The molecule has 0 unspecified atom stereocenters. The molecule has 1 aromatic heterocycles. The second-order valence-corrected chi connectivity index (χ2v) is 14.4. The molecule has 0 amide bonds. The smallest absolute Gasteiger partial charge is 0.0991 e. The number of fused-ring (bicyclic) bond motifs is 7. The Morgan fingerprint density at radius 3 is 1.51 bits per heavy atom. The van der Waals surface area contributed by atoms with E-state index in [1.165, 1.54) is 65.3 Å². The molecule has 254 valence electrons. The van der Waals surface area contributed by atoms with Gasteiger partial charge in [0.05, 0.1) is 22.7 Å². The maximum absolute atomic E-state index is 9.78. The minimum absolute atomic E-state index is 0.661. The molecule has 1 heterocycles. The lowest BCUT2D eigenvalue weighted by Crippen LogP contribution is -1.94. The zero-order valence-corrected chi connectivity index (χ0v) is 29.9. The van der Waals surface area contributed by atoms with Crippen LogP contribution in [0.3, 0.4) is 0 Å². The molecule has 0 spiro atoms. The Balaban J connectivity index is 1.21. The van der Waals surface area contributed by atoms with Crippen LogP contribution >= 0.6 is 0 Å². The number of rotatable bonds is 4. The number of aromatic nitrogens is 1. The van der Waals surface area contributed by atoms with Gasteiger partial charge in [-0.05, 0) is 131 Å². The highest BCUT2D eigenvalue weighted by molar-refractivity contribution is 6.23. The van der Waals surface area contributed by atoms with Crippen molar-refractivity contribution in [3.05, 3.63) is 200 Å². The monoisotopic (exact) mass is 696 g/mol. The molecule has 0 bridgehead atoms. The molecule has 0 aliphatic heterocycles. The van der Waals surface area contributed by atoms with E-state index in [-0.39, 0.29) is 0 Å². The molecule has 0 fully saturated rings. The average molecular weight is 697 g/mol. The molecule has 0 aliphatic carbocycles. The summed E-state index contributed by atoms with van der Waals surface area (Å²) in [4.78, 5) is 0. The normalized spacial score (nSPS) is 11.6. The Morgan fingerprint density at radius 2 is 0.855 bits per heavy atom. The van der Waals surface area contributed by atoms with Crippen LogP contribution in [-0.4, -0.2) is 4.57 Å². The first-order valence-electron chi connectivity index (χ1n) is 18.7. The molecule has 0 aliphatic rings. The van der Waals surface area contributed by atoms with Gasteiger partial charge in [0, 0.05) is 16.5 Å². The third kappa shape index (κ3) is 4.95. The quantitative estimate of drug-likeness (QED) is 0.168. The number of hydrogen-bond acceptors (Lipinski definition) is 1. The van der Waals surface area contributed by atoms with E-state index >= 15 is 0 Å². The maximum Gasteiger partial charge on any atom is 0.0991 e. The summed E-state index contributed by atoms with van der Waals surface area (Å²) in [5.41, 5.74) is 11.1. The van der Waals surface area contributed by atoms with Gasteiger partial charge in [-0.1, -0.05) is 140 Å². The van der Waals surface area contributed by atoms with E-state index in [0.29, 0.717) is 5.56 Å². The molecular formula is C53H32N2. The van der Waals surface area contributed by atoms with Crippen LogP contribution in [0.4, 0.5) is 0 Å². The van der Waals surface area contributed by atoms with Crippen LogP contribution in [-0.2, 0) is 0 Å². The molecule has 11 rings (SSSR count). The Kier molecular flexibility index (Phi) is 6.96. The minimum Gasteiger partial charge on any atom is -0.309 e. The third-order valence-corrected chi connectivity index (χ3v) is 11.3. The number of benzene rings is 10. The molecule has 0 radical (unpaired) electrons. The zero-order valence-electron chi connectivity index (χ0n) is 29.9. The Labute approximate surface area is 318 Å². The molecule has 0 saturated heterocycles. The van der Waals surface area contributed by atoms with Crippen molar-refractivity contribution in [2.75, 3.05) is 0 Å². The van der Waals surface area contributed by atoms with Crippen LogP contribution in [0.2, 0.25) is 0 Å². The molecule has 55 heavy (non-hydrogen) atoms. The lowest BCUT2D eigenvalue weighted by atomic mass is 9.84. The first-order valence-corrected chi connectivity index (χ1v) is 18.7. The fraction of sp³-hybridized carbons (Fsp3) is 0. The molecule has 11 aromatic rings. The Hall–Kier alpha value is -7.47. The molecule has 0 atom stereocenters. The van der Waals surface area contributed by atoms with E-state index in [9.17, 15) is 5.26 Å². The van der Waals surface area contributed by atoms with Crippen molar-refractivity contribution in [1.29, 1.82) is 5.26 Å².